The summed E-state index contributed by atoms with van der Waals surface area (Å²) in [4.78, 5) is 2.37. The fraction of sp³-hybridized carbons (Fsp3) is 0.625. The molecule has 4 rings (SSSR count). The van der Waals surface area contributed by atoms with Gasteiger partial charge in [0.2, 0.25) is 0 Å². The average molecular weight is 275 g/mol. The van der Waals surface area contributed by atoms with Crippen LogP contribution in [0.2, 0.25) is 0 Å². The van der Waals surface area contributed by atoms with E-state index in [1.54, 1.807) is 0 Å². The molecule has 2 saturated heterocycles. The Hall–Kier alpha value is -1.10. The number of hydrogen-bond donors (Lipinski definition) is 1. The van der Waals surface area contributed by atoms with Gasteiger partial charge in [-0.15, -0.1) is 0 Å². The molecule has 108 valence electrons. The van der Waals surface area contributed by atoms with Crippen LogP contribution in [0.5, 0.6) is 5.75 Å². The van der Waals surface area contributed by atoms with E-state index < -0.39 is 5.60 Å². The average Bonchev–Trinajstić information content (AvgIpc) is 2.88. The van der Waals surface area contributed by atoms with E-state index in [4.69, 9.17) is 9.47 Å². The molecule has 0 amide bonds. The Kier molecular flexibility index (Phi) is 2.81. The SMILES string of the molecule is CN1C2COCC1CC(O)(c1ccc3c(c1)CCO3)C2. The summed E-state index contributed by atoms with van der Waals surface area (Å²) in [6.07, 6.45) is 2.45. The number of hydrogen-bond acceptors (Lipinski definition) is 4. The number of morpholine rings is 1. The first kappa shape index (κ1) is 12.6. The van der Waals surface area contributed by atoms with E-state index in [9.17, 15) is 5.11 Å². The fourth-order valence-corrected chi connectivity index (χ4v) is 3.85. The molecule has 3 aliphatic heterocycles. The number of ether oxygens (including phenoxy) is 2. The summed E-state index contributed by atoms with van der Waals surface area (Å²) >= 11 is 0. The number of nitrogens with zero attached hydrogens (tertiary/aromatic N) is 1. The number of aliphatic hydroxyl groups is 1. The molecule has 0 saturated carbocycles. The highest BCUT2D eigenvalue weighted by Crippen LogP contribution is 2.41. The van der Waals surface area contributed by atoms with E-state index in [2.05, 4.69) is 18.0 Å². The van der Waals surface area contributed by atoms with E-state index in [1.165, 1.54) is 5.56 Å². The molecule has 3 aliphatic rings. The minimum atomic E-state index is -0.719. The number of benzene rings is 1. The summed E-state index contributed by atoms with van der Waals surface area (Å²) in [5.41, 5.74) is 1.56. The van der Waals surface area contributed by atoms with Crippen molar-refractivity contribution in [3.05, 3.63) is 29.3 Å². The monoisotopic (exact) mass is 275 g/mol. The van der Waals surface area contributed by atoms with Crippen molar-refractivity contribution in [1.82, 2.24) is 4.90 Å². The van der Waals surface area contributed by atoms with Gasteiger partial charge >= 0.3 is 0 Å². The maximum atomic E-state index is 11.2. The first-order valence-electron chi connectivity index (χ1n) is 7.44. The molecule has 0 aromatic heterocycles. The maximum Gasteiger partial charge on any atom is 0.122 e. The lowest BCUT2D eigenvalue weighted by Crippen LogP contribution is -2.59. The molecule has 0 aliphatic carbocycles. The highest BCUT2D eigenvalue weighted by Gasteiger charge is 2.45. The summed E-state index contributed by atoms with van der Waals surface area (Å²) in [6, 6.07) is 6.82. The molecule has 20 heavy (non-hydrogen) atoms. The van der Waals surface area contributed by atoms with Gasteiger partial charge in [0.05, 0.1) is 25.4 Å². The summed E-state index contributed by atoms with van der Waals surface area (Å²) in [6.45, 7) is 2.21. The Morgan fingerprint density at radius 1 is 1.25 bits per heavy atom. The molecule has 2 unspecified atom stereocenters. The molecule has 4 nitrogen and oxygen atoms in total. The van der Waals surface area contributed by atoms with Crippen LogP contribution in [0.15, 0.2) is 18.2 Å². The van der Waals surface area contributed by atoms with Crippen molar-refractivity contribution >= 4 is 0 Å². The third-order valence-electron chi connectivity index (χ3n) is 5.15. The molecule has 4 heteroatoms. The molecule has 1 aromatic rings. The van der Waals surface area contributed by atoms with Crippen LogP contribution in [-0.2, 0) is 16.8 Å². The van der Waals surface area contributed by atoms with E-state index in [0.29, 0.717) is 12.1 Å². The molecular weight excluding hydrogens is 254 g/mol. The zero-order valence-corrected chi connectivity index (χ0v) is 11.8. The highest BCUT2D eigenvalue weighted by atomic mass is 16.5. The summed E-state index contributed by atoms with van der Waals surface area (Å²) < 4.78 is 11.2. The molecule has 1 N–H and O–H groups in total. The van der Waals surface area contributed by atoms with E-state index >= 15 is 0 Å². The van der Waals surface area contributed by atoms with E-state index in [-0.39, 0.29) is 0 Å². The molecule has 0 radical (unpaired) electrons. The Balaban J connectivity index is 1.67. The second-order valence-electron chi connectivity index (χ2n) is 6.37. The van der Waals surface area contributed by atoms with Gasteiger partial charge in [-0.2, -0.15) is 0 Å². The minimum absolute atomic E-state index is 0.317. The number of piperidine rings is 1. The van der Waals surface area contributed by atoms with Gasteiger partial charge in [0.25, 0.3) is 0 Å². The molecule has 0 spiro atoms. The fourth-order valence-electron chi connectivity index (χ4n) is 3.85. The van der Waals surface area contributed by atoms with E-state index in [1.807, 2.05) is 12.1 Å². The van der Waals surface area contributed by atoms with Crippen molar-refractivity contribution in [2.45, 2.75) is 36.9 Å². The second kappa shape index (κ2) is 4.45. The quantitative estimate of drug-likeness (QED) is 0.839. The zero-order valence-electron chi connectivity index (χ0n) is 11.8. The molecule has 2 atom stereocenters. The van der Waals surface area contributed by atoms with Crippen LogP contribution in [0, 0.1) is 0 Å². The summed E-state index contributed by atoms with van der Waals surface area (Å²) in [7, 11) is 2.15. The van der Waals surface area contributed by atoms with Gasteiger partial charge in [-0.1, -0.05) is 6.07 Å². The number of fused-ring (bicyclic) bond motifs is 3. The van der Waals surface area contributed by atoms with Crippen LogP contribution < -0.4 is 4.74 Å². The van der Waals surface area contributed by atoms with Crippen molar-refractivity contribution in [2.75, 3.05) is 26.9 Å². The van der Waals surface area contributed by atoms with Gasteiger partial charge in [-0.25, -0.2) is 0 Å². The standard InChI is InChI=1S/C16H21NO3/c1-17-13-7-16(18,8-14(17)10-19-9-13)12-2-3-15-11(6-12)4-5-20-15/h2-3,6,13-14,18H,4-5,7-10H2,1H3. The predicted octanol–water partition coefficient (Wildman–Crippen LogP) is 1.30. The van der Waals surface area contributed by atoms with Gasteiger partial charge in [-0.05, 0) is 43.1 Å². The van der Waals surface area contributed by atoms with Crippen molar-refractivity contribution < 1.29 is 14.6 Å². The maximum absolute atomic E-state index is 11.2. The topological polar surface area (TPSA) is 41.9 Å². The van der Waals surface area contributed by atoms with Gasteiger partial charge in [-0.3, -0.25) is 4.90 Å². The summed E-state index contributed by atoms with van der Waals surface area (Å²) in [5.74, 6) is 0.980. The van der Waals surface area contributed by atoms with Gasteiger partial charge < -0.3 is 14.6 Å². The van der Waals surface area contributed by atoms with Gasteiger partial charge in [0.15, 0.2) is 0 Å². The van der Waals surface area contributed by atoms with Crippen LogP contribution >= 0.6 is 0 Å². The Morgan fingerprint density at radius 2 is 2.00 bits per heavy atom. The van der Waals surface area contributed by atoms with Crippen molar-refractivity contribution in [3.63, 3.8) is 0 Å². The van der Waals surface area contributed by atoms with Crippen LogP contribution in [0.4, 0.5) is 0 Å². The first-order valence-corrected chi connectivity index (χ1v) is 7.44. The Morgan fingerprint density at radius 3 is 2.75 bits per heavy atom. The Labute approximate surface area is 119 Å². The zero-order chi connectivity index (χ0) is 13.7. The Bertz CT molecular complexity index is 516. The lowest BCUT2D eigenvalue weighted by molar-refractivity contribution is -0.137. The van der Waals surface area contributed by atoms with E-state index in [0.717, 1.165) is 50.4 Å². The van der Waals surface area contributed by atoms with Crippen LogP contribution in [0.25, 0.3) is 0 Å². The van der Waals surface area contributed by atoms with Crippen molar-refractivity contribution in [1.29, 1.82) is 0 Å². The molecule has 1 aromatic carbocycles. The molecule has 2 bridgehead atoms. The van der Waals surface area contributed by atoms with Gasteiger partial charge in [0.1, 0.15) is 5.75 Å². The van der Waals surface area contributed by atoms with Crippen LogP contribution in [0.1, 0.15) is 24.0 Å². The molecule has 2 fully saturated rings. The smallest absolute Gasteiger partial charge is 0.122 e. The lowest BCUT2D eigenvalue weighted by atomic mass is 9.76. The number of rotatable bonds is 1. The third kappa shape index (κ3) is 1.86. The predicted molar refractivity (Wildman–Crippen MR) is 74.9 cm³/mol. The van der Waals surface area contributed by atoms with Crippen molar-refractivity contribution in [3.8, 4) is 5.75 Å². The van der Waals surface area contributed by atoms with Crippen LogP contribution in [-0.4, -0.2) is 49.0 Å². The minimum Gasteiger partial charge on any atom is -0.493 e. The number of likely N-dealkylation sites (N-methyl/N-ethyl adjacent to an activating group) is 1. The molecule has 3 heterocycles. The molecular formula is C16H21NO3. The largest absolute Gasteiger partial charge is 0.493 e. The van der Waals surface area contributed by atoms with Crippen LogP contribution in [0.3, 0.4) is 0 Å². The summed E-state index contributed by atoms with van der Waals surface area (Å²) in [5, 5.41) is 11.2. The lowest BCUT2D eigenvalue weighted by Gasteiger charge is -2.50. The highest BCUT2D eigenvalue weighted by molar-refractivity contribution is 5.42. The normalized spacial score (nSPS) is 36.5. The van der Waals surface area contributed by atoms with Crippen molar-refractivity contribution in [2.24, 2.45) is 0 Å². The van der Waals surface area contributed by atoms with Gasteiger partial charge in [0, 0.05) is 18.5 Å². The second-order valence-corrected chi connectivity index (χ2v) is 6.37. The third-order valence-corrected chi connectivity index (χ3v) is 5.15. The first-order chi connectivity index (χ1) is 9.66.